The van der Waals surface area contributed by atoms with Crippen molar-refractivity contribution in [1.29, 1.82) is 5.41 Å². The Morgan fingerprint density at radius 2 is 1.94 bits per heavy atom. The van der Waals surface area contributed by atoms with Crippen LogP contribution < -0.4 is 10.6 Å². The van der Waals surface area contributed by atoms with E-state index in [0.717, 1.165) is 62.1 Å². The van der Waals surface area contributed by atoms with Crippen LogP contribution in [-0.4, -0.2) is 43.2 Å². The number of hydrogen-bond donors (Lipinski definition) is 2. The van der Waals surface area contributed by atoms with E-state index in [2.05, 4.69) is 28.0 Å². The second kappa shape index (κ2) is 9.82. The van der Waals surface area contributed by atoms with Gasteiger partial charge in [0.15, 0.2) is 0 Å². The summed E-state index contributed by atoms with van der Waals surface area (Å²) in [6, 6.07) is 16.5. The van der Waals surface area contributed by atoms with Gasteiger partial charge in [-0.3, -0.25) is 4.79 Å². The van der Waals surface area contributed by atoms with Gasteiger partial charge in [0, 0.05) is 49.9 Å². The van der Waals surface area contributed by atoms with Crippen molar-refractivity contribution in [3.05, 3.63) is 71.4 Å². The van der Waals surface area contributed by atoms with Gasteiger partial charge in [-0.05, 0) is 60.4 Å². The molecule has 0 aromatic heterocycles. The van der Waals surface area contributed by atoms with Gasteiger partial charge in [0.05, 0.1) is 6.42 Å². The molecule has 1 fully saturated rings. The van der Waals surface area contributed by atoms with E-state index in [-0.39, 0.29) is 5.91 Å². The number of anilines is 1. The van der Waals surface area contributed by atoms with Crippen LogP contribution in [-0.2, 0) is 17.6 Å². The van der Waals surface area contributed by atoms with Crippen molar-refractivity contribution in [3.63, 3.8) is 0 Å². The smallest absolute Gasteiger partial charge is 0.226 e. The van der Waals surface area contributed by atoms with Crippen LogP contribution in [0.4, 0.5) is 5.69 Å². The number of benzene rings is 2. The molecule has 0 saturated carbocycles. The first-order valence-electron chi connectivity index (χ1n) is 11.3. The molecular formula is C26H32N4O. The Kier molecular flexibility index (Phi) is 6.70. The Labute approximate surface area is 185 Å². The molecule has 0 radical (unpaired) electrons. The van der Waals surface area contributed by atoms with Crippen LogP contribution in [0.1, 0.15) is 36.0 Å². The lowest BCUT2D eigenvalue weighted by Crippen LogP contribution is -2.34. The fraction of sp³-hybridized carbons (Fsp3) is 0.385. The van der Waals surface area contributed by atoms with Gasteiger partial charge in [0.25, 0.3) is 0 Å². The molecule has 31 heavy (non-hydrogen) atoms. The van der Waals surface area contributed by atoms with Crippen molar-refractivity contribution in [2.24, 2.45) is 11.7 Å². The zero-order chi connectivity index (χ0) is 21.6. The fourth-order valence-corrected chi connectivity index (χ4v) is 4.86. The van der Waals surface area contributed by atoms with Crippen LogP contribution in [0.25, 0.3) is 5.57 Å². The number of carbonyl (C=O) groups is 1. The predicted octanol–water partition coefficient (Wildman–Crippen LogP) is 3.87. The van der Waals surface area contributed by atoms with Gasteiger partial charge in [0.1, 0.15) is 0 Å². The third-order valence-corrected chi connectivity index (χ3v) is 6.62. The minimum Gasteiger partial charge on any atom is -0.404 e. The Morgan fingerprint density at radius 1 is 1.10 bits per heavy atom. The van der Waals surface area contributed by atoms with Gasteiger partial charge in [-0.25, -0.2) is 0 Å². The summed E-state index contributed by atoms with van der Waals surface area (Å²) in [6.45, 7) is 3.83. The first kappa shape index (κ1) is 21.2. The van der Waals surface area contributed by atoms with E-state index in [1.54, 1.807) is 0 Å². The number of carbonyl (C=O) groups excluding carboxylic acids is 1. The standard InChI is InChI=1S/C26H32N4O/c27-17-24(18-28)22-8-9-25-23(16-22)11-14-30(25)19-21-7-4-12-29(13-10-21)26(31)15-20-5-2-1-3-6-20/h1-3,5-6,8-9,16-18,21,27H,4,7,10-15,19,28H2/b24-18+,27-17?. The highest BCUT2D eigenvalue weighted by Crippen LogP contribution is 2.32. The summed E-state index contributed by atoms with van der Waals surface area (Å²) < 4.78 is 0. The molecule has 2 aromatic carbocycles. The van der Waals surface area contributed by atoms with Crippen molar-refractivity contribution in [3.8, 4) is 0 Å². The lowest BCUT2D eigenvalue weighted by atomic mass is 9.99. The normalized spacial score (nSPS) is 19.1. The Morgan fingerprint density at radius 3 is 2.71 bits per heavy atom. The van der Waals surface area contributed by atoms with Crippen LogP contribution in [0, 0.1) is 11.3 Å². The van der Waals surface area contributed by atoms with Gasteiger partial charge in [-0.15, -0.1) is 0 Å². The first-order chi connectivity index (χ1) is 15.2. The zero-order valence-corrected chi connectivity index (χ0v) is 18.1. The van der Waals surface area contributed by atoms with Crippen LogP contribution in [0.2, 0.25) is 0 Å². The number of amides is 1. The summed E-state index contributed by atoms with van der Waals surface area (Å²) in [7, 11) is 0. The minimum absolute atomic E-state index is 0.251. The maximum Gasteiger partial charge on any atom is 0.226 e. The number of nitrogens with zero attached hydrogens (tertiary/aromatic N) is 2. The number of nitrogens with one attached hydrogen (secondary N) is 1. The van der Waals surface area contributed by atoms with Crippen LogP contribution in [0.15, 0.2) is 54.7 Å². The molecule has 1 saturated heterocycles. The summed E-state index contributed by atoms with van der Waals surface area (Å²) in [6.07, 6.45) is 7.67. The SMILES string of the molecule is N=C/C(=C\N)c1ccc2c(c1)CCN2CC1CCCN(C(=O)Cc2ccccc2)CC1. The van der Waals surface area contributed by atoms with Gasteiger partial charge in [-0.1, -0.05) is 36.4 Å². The molecule has 3 N–H and O–H groups in total. The van der Waals surface area contributed by atoms with E-state index in [9.17, 15) is 4.79 Å². The van der Waals surface area contributed by atoms with Gasteiger partial charge in [0.2, 0.25) is 5.91 Å². The largest absolute Gasteiger partial charge is 0.404 e. The maximum atomic E-state index is 12.8. The minimum atomic E-state index is 0.251. The molecule has 2 aliphatic heterocycles. The maximum absolute atomic E-state index is 12.8. The molecule has 162 valence electrons. The van der Waals surface area contributed by atoms with Crippen LogP contribution in [0.5, 0.6) is 0 Å². The van der Waals surface area contributed by atoms with Crippen molar-refractivity contribution in [2.75, 3.05) is 31.1 Å². The molecule has 2 aromatic rings. The monoisotopic (exact) mass is 416 g/mol. The Bertz CT molecular complexity index is 953. The van der Waals surface area contributed by atoms with Crippen molar-refractivity contribution in [2.45, 2.75) is 32.1 Å². The topological polar surface area (TPSA) is 73.4 Å². The molecule has 0 aliphatic carbocycles. The van der Waals surface area contributed by atoms with Crippen molar-refractivity contribution in [1.82, 2.24) is 4.90 Å². The molecular weight excluding hydrogens is 384 g/mol. The van der Waals surface area contributed by atoms with Gasteiger partial charge in [-0.2, -0.15) is 0 Å². The summed E-state index contributed by atoms with van der Waals surface area (Å²) >= 11 is 0. The van der Waals surface area contributed by atoms with Gasteiger partial charge >= 0.3 is 0 Å². The second-order valence-corrected chi connectivity index (χ2v) is 8.65. The third-order valence-electron chi connectivity index (χ3n) is 6.62. The van der Waals surface area contributed by atoms with Crippen LogP contribution in [0.3, 0.4) is 0 Å². The number of nitrogens with two attached hydrogens (primary N) is 1. The zero-order valence-electron chi connectivity index (χ0n) is 18.1. The third kappa shape index (κ3) is 4.98. The number of rotatable bonds is 6. The van der Waals surface area contributed by atoms with Gasteiger partial charge < -0.3 is 20.9 Å². The van der Waals surface area contributed by atoms with E-state index >= 15 is 0 Å². The number of hydrogen-bond acceptors (Lipinski definition) is 4. The van der Waals surface area contributed by atoms with Crippen molar-refractivity contribution < 1.29 is 4.79 Å². The highest BCUT2D eigenvalue weighted by Gasteiger charge is 2.25. The van der Waals surface area contributed by atoms with E-state index in [0.29, 0.717) is 12.3 Å². The van der Waals surface area contributed by atoms with E-state index in [1.807, 2.05) is 30.3 Å². The molecule has 1 atom stereocenters. The van der Waals surface area contributed by atoms with E-state index in [1.165, 1.54) is 30.1 Å². The quantitative estimate of drug-likeness (QED) is 0.702. The molecule has 1 unspecified atom stereocenters. The molecule has 2 aliphatic rings. The number of fused-ring (bicyclic) bond motifs is 1. The lowest BCUT2D eigenvalue weighted by molar-refractivity contribution is -0.130. The average Bonchev–Trinajstić information content (AvgIpc) is 3.03. The average molecular weight is 417 g/mol. The lowest BCUT2D eigenvalue weighted by Gasteiger charge is -2.26. The van der Waals surface area contributed by atoms with E-state index < -0.39 is 0 Å². The molecule has 0 bridgehead atoms. The number of allylic oxidation sites excluding steroid dienone is 1. The summed E-state index contributed by atoms with van der Waals surface area (Å²) in [5, 5.41) is 7.52. The van der Waals surface area contributed by atoms with Crippen molar-refractivity contribution >= 4 is 23.4 Å². The summed E-state index contributed by atoms with van der Waals surface area (Å²) in [5.41, 5.74) is 11.2. The first-order valence-corrected chi connectivity index (χ1v) is 11.3. The Hall–Kier alpha value is -3.08. The second-order valence-electron chi connectivity index (χ2n) is 8.65. The molecule has 4 rings (SSSR count). The molecule has 2 heterocycles. The van der Waals surface area contributed by atoms with E-state index in [4.69, 9.17) is 11.1 Å². The molecule has 0 spiro atoms. The molecule has 5 nitrogen and oxygen atoms in total. The summed E-state index contributed by atoms with van der Waals surface area (Å²) in [5.74, 6) is 0.863. The molecule has 1 amide bonds. The molecule has 5 heteroatoms. The summed E-state index contributed by atoms with van der Waals surface area (Å²) in [4.78, 5) is 17.3. The highest BCUT2D eigenvalue weighted by atomic mass is 16.2. The van der Waals surface area contributed by atoms with Crippen LogP contribution >= 0.6 is 0 Å². The predicted molar refractivity (Wildman–Crippen MR) is 127 cm³/mol. The highest BCUT2D eigenvalue weighted by molar-refractivity contribution is 6.08. The number of likely N-dealkylation sites (tertiary alicyclic amines) is 1. The fourth-order valence-electron chi connectivity index (χ4n) is 4.86. The Balaban J connectivity index is 1.34.